The van der Waals surface area contributed by atoms with Crippen LogP contribution in [-0.4, -0.2) is 119 Å². The van der Waals surface area contributed by atoms with E-state index in [4.69, 9.17) is 18.9 Å². The Morgan fingerprint density at radius 1 is 1.02 bits per heavy atom. The third-order valence-electron chi connectivity index (χ3n) is 9.80. The molecule has 0 aromatic carbocycles. The maximum Gasteiger partial charge on any atom is 0.331 e. The lowest BCUT2D eigenvalue weighted by Gasteiger charge is -2.55. The lowest BCUT2D eigenvalue weighted by Crippen LogP contribution is -2.68. The van der Waals surface area contributed by atoms with E-state index in [0.29, 0.717) is 18.4 Å². The van der Waals surface area contributed by atoms with Crippen LogP contribution in [0.4, 0.5) is 0 Å². The van der Waals surface area contributed by atoms with Crippen molar-refractivity contribution >= 4 is 5.97 Å². The highest BCUT2D eigenvalue weighted by Gasteiger charge is 2.60. The third kappa shape index (κ3) is 6.17. The SMILES string of the molecule is CC(/C=C/[C@@]1(O)C(C)(C)CC[C@@H](O)[C@@]1(C)O)=C\C(=O)O[C@@H]1C[C@](C)(O)[C@H]2[C@H](O[C@@H]3O[C@H](CO)[C@@H](O)[C@H](O)[C@H]3O)OC=C[C@H]21. The second-order valence-corrected chi connectivity index (χ2v) is 13.4. The molecule has 0 amide bonds. The predicted octanol–water partition coefficient (Wildman–Crippen LogP) is -0.863. The summed E-state index contributed by atoms with van der Waals surface area (Å²) in [4.78, 5) is 12.9. The van der Waals surface area contributed by atoms with E-state index in [2.05, 4.69) is 0 Å². The summed E-state index contributed by atoms with van der Waals surface area (Å²) < 4.78 is 22.5. The molecule has 2 aliphatic heterocycles. The number of carbonyl (C=O) groups is 1. The highest BCUT2D eigenvalue weighted by Crippen LogP contribution is 2.51. The van der Waals surface area contributed by atoms with Gasteiger partial charge in [-0.15, -0.1) is 0 Å². The molecule has 13 nitrogen and oxygen atoms in total. The Morgan fingerprint density at radius 2 is 1.70 bits per heavy atom. The van der Waals surface area contributed by atoms with Crippen molar-refractivity contribution in [2.45, 2.75) is 120 Å². The number of hydrogen-bond donors (Lipinski definition) is 8. The molecule has 2 saturated carbocycles. The Morgan fingerprint density at radius 3 is 2.35 bits per heavy atom. The van der Waals surface area contributed by atoms with Crippen molar-refractivity contribution in [2.24, 2.45) is 17.3 Å². The van der Waals surface area contributed by atoms with E-state index < -0.39 is 95.8 Å². The van der Waals surface area contributed by atoms with Crippen LogP contribution in [-0.2, 0) is 23.7 Å². The number of aliphatic hydroxyl groups excluding tert-OH is 5. The standard InChI is InChI=1S/C30H46O13/c1-15(6-10-30(39)27(2,3)9-7-19(32)29(30,5)38)12-20(33)41-17-13-28(4,37)21-16(17)8-11-40-25(21)43-26-24(36)23(35)22(34)18(14-31)42-26/h6,8,10-12,16-19,21-26,31-32,34-39H,7,9,13-14H2,1-5H3/b10-6+,15-12+/t16-,17+,18+,19+,21+,22+,23-,24+,25-,26-,28-,29+,30+/m0/s1. The van der Waals surface area contributed by atoms with Gasteiger partial charge in [0.2, 0.25) is 6.29 Å². The summed E-state index contributed by atoms with van der Waals surface area (Å²) in [6.45, 7) is 7.48. The number of carbonyl (C=O) groups excluding carboxylic acids is 1. The smallest absolute Gasteiger partial charge is 0.331 e. The van der Waals surface area contributed by atoms with Gasteiger partial charge < -0.3 is 59.8 Å². The maximum absolute atomic E-state index is 12.9. The zero-order valence-corrected chi connectivity index (χ0v) is 25.1. The van der Waals surface area contributed by atoms with Gasteiger partial charge in [-0.1, -0.05) is 19.9 Å². The largest absolute Gasteiger partial charge is 0.472 e. The third-order valence-corrected chi connectivity index (χ3v) is 9.80. The monoisotopic (exact) mass is 614 g/mol. The first-order valence-electron chi connectivity index (χ1n) is 14.6. The van der Waals surface area contributed by atoms with Crippen molar-refractivity contribution < 1.29 is 64.6 Å². The molecule has 244 valence electrons. The summed E-state index contributed by atoms with van der Waals surface area (Å²) in [5, 5.41) is 84.0. The second kappa shape index (κ2) is 12.1. The maximum atomic E-state index is 12.9. The van der Waals surface area contributed by atoms with Crippen LogP contribution >= 0.6 is 0 Å². The molecule has 1 saturated heterocycles. The van der Waals surface area contributed by atoms with Crippen LogP contribution in [0, 0.1) is 17.3 Å². The van der Waals surface area contributed by atoms with Crippen molar-refractivity contribution in [1.29, 1.82) is 0 Å². The summed E-state index contributed by atoms with van der Waals surface area (Å²) in [5.41, 5.74) is -5.41. The van der Waals surface area contributed by atoms with E-state index in [0.717, 1.165) is 0 Å². The summed E-state index contributed by atoms with van der Waals surface area (Å²) in [6, 6.07) is 0. The van der Waals surface area contributed by atoms with Crippen LogP contribution in [0.1, 0.15) is 53.9 Å². The fourth-order valence-electron chi connectivity index (χ4n) is 6.86. The molecule has 3 fully saturated rings. The molecule has 13 atom stereocenters. The zero-order chi connectivity index (χ0) is 32.1. The topological polar surface area (TPSA) is 216 Å². The molecule has 2 aliphatic carbocycles. The minimum absolute atomic E-state index is 0.0216. The molecule has 0 aromatic rings. The number of esters is 1. The van der Waals surface area contributed by atoms with Crippen LogP contribution < -0.4 is 0 Å². The van der Waals surface area contributed by atoms with Crippen LogP contribution in [0.25, 0.3) is 0 Å². The van der Waals surface area contributed by atoms with Gasteiger partial charge >= 0.3 is 5.97 Å². The van der Waals surface area contributed by atoms with Crippen molar-refractivity contribution in [1.82, 2.24) is 0 Å². The van der Waals surface area contributed by atoms with Crippen LogP contribution in [0.2, 0.25) is 0 Å². The fourth-order valence-corrected chi connectivity index (χ4v) is 6.86. The highest BCUT2D eigenvalue weighted by atomic mass is 16.8. The van der Waals surface area contributed by atoms with Crippen LogP contribution in [0.5, 0.6) is 0 Å². The van der Waals surface area contributed by atoms with Gasteiger partial charge in [-0.2, -0.15) is 0 Å². The Bertz CT molecular complexity index is 1110. The zero-order valence-electron chi connectivity index (χ0n) is 25.1. The lowest BCUT2D eigenvalue weighted by atomic mass is 9.57. The number of hydrogen-bond acceptors (Lipinski definition) is 13. The van der Waals surface area contributed by atoms with Crippen molar-refractivity contribution in [2.75, 3.05) is 6.61 Å². The van der Waals surface area contributed by atoms with Crippen molar-refractivity contribution in [3.63, 3.8) is 0 Å². The average molecular weight is 615 g/mol. The predicted molar refractivity (Wildman–Crippen MR) is 148 cm³/mol. The molecule has 2 heterocycles. The summed E-state index contributed by atoms with van der Waals surface area (Å²) in [6.07, 6.45) is -2.84. The molecular formula is C30H46O13. The highest BCUT2D eigenvalue weighted by molar-refractivity contribution is 5.83. The van der Waals surface area contributed by atoms with Gasteiger partial charge in [0, 0.05) is 23.8 Å². The normalized spacial score (nSPS) is 48.2. The lowest BCUT2D eigenvalue weighted by molar-refractivity contribution is -0.346. The van der Waals surface area contributed by atoms with E-state index in [1.807, 2.05) is 0 Å². The van der Waals surface area contributed by atoms with Gasteiger partial charge in [0.05, 0.1) is 30.5 Å². The van der Waals surface area contributed by atoms with Crippen LogP contribution in [0.15, 0.2) is 36.1 Å². The Labute approximate surface area is 250 Å². The first-order valence-corrected chi connectivity index (χ1v) is 14.6. The van der Waals surface area contributed by atoms with Gasteiger partial charge in [-0.3, -0.25) is 0 Å². The molecular weight excluding hydrogens is 568 g/mol. The van der Waals surface area contributed by atoms with Gasteiger partial charge in [-0.05, 0) is 51.3 Å². The van der Waals surface area contributed by atoms with Gasteiger partial charge in [0.1, 0.15) is 41.7 Å². The molecule has 43 heavy (non-hydrogen) atoms. The van der Waals surface area contributed by atoms with Crippen molar-refractivity contribution in [3.05, 3.63) is 36.1 Å². The van der Waals surface area contributed by atoms with Crippen LogP contribution in [0.3, 0.4) is 0 Å². The minimum Gasteiger partial charge on any atom is -0.472 e. The van der Waals surface area contributed by atoms with E-state index >= 15 is 0 Å². The Balaban J connectivity index is 1.45. The Kier molecular flexibility index (Phi) is 9.58. The van der Waals surface area contributed by atoms with E-state index in [1.165, 1.54) is 38.3 Å². The second-order valence-electron chi connectivity index (χ2n) is 13.4. The summed E-state index contributed by atoms with van der Waals surface area (Å²) in [7, 11) is 0. The summed E-state index contributed by atoms with van der Waals surface area (Å²) >= 11 is 0. The van der Waals surface area contributed by atoms with Gasteiger partial charge in [-0.25, -0.2) is 4.79 Å². The summed E-state index contributed by atoms with van der Waals surface area (Å²) in [5.74, 6) is -2.06. The molecule has 0 radical (unpaired) electrons. The van der Waals surface area contributed by atoms with Gasteiger partial charge in [0.15, 0.2) is 6.29 Å². The molecule has 0 aromatic heterocycles. The molecule has 8 N–H and O–H groups in total. The van der Waals surface area contributed by atoms with E-state index in [1.54, 1.807) is 26.8 Å². The molecule has 4 aliphatic rings. The molecule has 0 bridgehead atoms. The average Bonchev–Trinajstić information content (AvgIpc) is 3.19. The number of fused-ring (bicyclic) bond motifs is 1. The quantitative estimate of drug-likeness (QED) is 0.0996. The minimum atomic E-state index is -1.82. The molecule has 0 unspecified atom stereocenters. The Hall–Kier alpha value is -1.91. The number of allylic oxidation sites excluding steroid dienone is 2. The fraction of sp³-hybridized carbons (Fsp3) is 0.767. The first-order chi connectivity index (χ1) is 19.9. The number of rotatable bonds is 7. The molecule has 13 heteroatoms. The van der Waals surface area contributed by atoms with Crippen molar-refractivity contribution in [3.8, 4) is 0 Å². The first kappa shape index (κ1) is 34.0. The van der Waals surface area contributed by atoms with E-state index in [9.17, 15) is 45.6 Å². The number of aliphatic hydroxyl groups is 8. The molecule has 0 spiro atoms. The van der Waals surface area contributed by atoms with Gasteiger partial charge in [0.25, 0.3) is 0 Å². The molecule has 4 rings (SSSR count). The number of ether oxygens (including phenoxy) is 4. The van der Waals surface area contributed by atoms with E-state index in [-0.39, 0.29) is 6.42 Å².